The van der Waals surface area contributed by atoms with Gasteiger partial charge in [-0.15, -0.1) is 0 Å². The number of nitrogens with one attached hydrogen (secondary N) is 3. The normalized spacial score (nSPS) is 16.5. The van der Waals surface area contributed by atoms with Crippen molar-refractivity contribution in [2.75, 3.05) is 68.3 Å². The van der Waals surface area contributed by atoms with Gasteiger partial charge in [-0.05, 0) is 303 Å². The molecular weight excluding hydrogens is 1630 g/mol. The van der Waals surface area contributed by atoms with Gasteiger partial charge in [-0.25, -0.2) is 29.3 Å². The highest BCUT2D eigenvalue weighted by atomic mass is 35.5. The van der Waals surface area contributed by atoms with Gasteiger partial charge in [0.05, 0.1) is 58.0 Å². The van der Waals surface area contributed by atoms with E-state index in [1.165, 1.54) is 44.5 Å². The zero-order chi connectivity index (χ0) is 87.2. The molecule has 12 aromatic rings. The lowest BCUT2D eigenvalue weighted by Gasteiger charge is -2.39. The Morgan fingerprint density at radius 2 is 0.746 bits per heavy atom. The third-order valence-electron chi connectivity index (χ3n) is 25.2. The molecule has 636 valence electrons. The number of carbonyl (C=O) groups is 3. The van der Waals surface area contributed by atoms with E-state index in [9.17, 15) is 14.4 Å². The molecule has 0 bridgehead atoms. The number of piperidine rings is 2. The first-order valence-corrected chi connectivity index (χ1v) is 44.3. The maximum absolute atomic E-state index is 13.1. The smallest absolute Gasteiger partial charge is 0.321 e. The highest BCUT2D eigenvalue weighted by molar-refractivity contribution is 6.31. The quantitative estimate of drug-likeness (QED) is 0.0722. The lowest BCUT2D eigenvalue weighted by molar-refractivity contribution is 0.125. The number of rotatable bonds is 18. The van der Waals surface area contributed by atoms with Crippen LogP contribution in [0.5, 0.6) is 0 Å². The molecule has 3 atom stereocenters. The standard InChI is InChI=1S/2C34H33ClN6O.C33H32ClN7O/c1-23-37-15-19-40(23)16-3-4-26-20-27-21-28(35)8-11-30(27)32(33-31(26)5-2-14-38-33)25-12-17-41(18-13-25)34(42)39-29-9-6-24(22-36)7-10-29;1-23-37-15-19-40(23)16-3-5-26-20-27-4-2-14-38-33(27)32(30-11-8-28(35)21-31(26)30)25-12-17-41(18-13-25)34(42)39-29-9-6-24(22-36)7-10-29;1-23-36-13-15-39(23)14-3-5-25-20-26-4-2-12-37-31(26)32(29-11-8-27(34)21-30(25)29)40-16-18-41(19-17-40)33(42)38-28-9-6-24(22-35)7-10-28/h2,5-11,14-15,19-21,25,32H,3-4,12-13,16-18H2,1H3,(H,39,42);2,4,6-11,14-15,19-21,25,32H,3,5,12-13,16-18H2,1H3,(H,39,42);2,4,6-13,15,20-21,32H,3,5,14,16-19H2,1H3,(H,38,42). The van der Waals surface area contributed by atoms with Gasteiger partial charge < -0.3 is 44.4 Å². The summed E-state index contributed by atoms with van der Waals surface area (Å²) in [6, 6.07) is 58.0. The van der Waals surface area contributed by atoms with Crippen molar-refractivity contribution < 1.29 is 14.4 Å². The number of imidazole rings is 3. The summed E-state index contributed by atoms with van der Waals surface area (Å²) >= 11 is 19.7. The minimum Gasteiger partial charge on any atom is -0.335 e. The minimum atomic E-state index is -0.136. The number of nitriles is 3. The Labute approximate surface area is 750 Å². The number of likely N-dealkylation sites (tertiary alicyclic amines) is 2. The number of carbonyl (C=O) groups excluding carboxylic acids is 3. The summed E-state index contributed by atoms with van der Waals surface area (Å²) in [6.45, 7) is 14.1. The molecule has 22 nitrogen and oxygen atoms in total. The summed E-state index contributed by atoms with van der Waals surface area (Å²) in [5, 5.41) is 38.2. The summed E-state index contributed by atoms with van der Waals surface area (Å²) in [4.78, 5) is 75.1. The number of nitrogens with zero attached hydrogens (tertiary/aromatic N) is 16. The Bertz CT molecular complexity index is 5790. The fourth-order valence-electron chi connectivity index (χ4n) is 18.6. The Morgan fingerprint density at radius 1 is 0.381 bits per heavy atom. The molecule has 6 amide bonds. The summed E-state index contributed by atoms with van der Waals surface area (Å²) in [5.41, 5.74) is 21.5. The zero-order valence-electron chi connectivity index (χ0n) is 70.8. The highest BCUT2D eigenvalue weighted by Crippen LogP contribution is 2.49. The number of pyridine rings is 3. The van der Waals surface area contributed by atoms with Crippen LogP contribution in [0.4, 0.5) is 31.4 Å². The van der Waals surface area contributed by atoms with Crippen LogP contribution in [0.15, 0.2) is 220 Å². The Kier molecular flexibility index (Phi) is 27.5. The van der Waals surface area contributed by atoms with Crippen molar-refractivity contribution in [1.82, 2.24) is 63.2 Å². The van der Waals surface area contributed by atoms with E-state index in [1.54, 1.807) is 72.8 Å². The molecule has 25 heteroatoms. The highest BCUT2D eigenvalue weighted by Gasteiger charge is 2.39. The first kappa shape index (κ1) is 86.3. The van der Waals surface area contributed by atoms with Gasteiger partial charge in [0, 0.05) is 172 Å². The maximum Gasteiger partial charge on any atom is 0.321 e. The largest absolute Gasteiger partial charge is 0.335 e. The Morgan fingerprint density at radius 3 is 1.18 bits per heavy atom. The van der Waals surface area contributed by atoms with Crippen LogP contribution in [-0.2, 0) is 19.6 Å². The van der Waals surface area contributed by atoms with Crippen LogP contribution in [0.25, 0.3) is 34.9 Å². The third-order valence-corrected chi connectivity index (χ3v) is 25.9. The Hall–Kier alpha value is -13.3. The molecule has 3 N–H and O–H groups in total. The van der Waals surface area contributed by atoms with Crippen LogP contribution in [0.1, 0.15) is 183 Å². The van der Waals surface area contributed by atoms with Crippen molar-refractivity contribution in [3.63, 3.8) is 0 Å². The van der Waals surface area contributed by atoms with Gasteiger partial charge in [-0.3, -0.25) is 19.9 Å². The summed E-state index contributed by atoms with van der Waals surface area (Å²) in [5.74, 6) is 3.97. The van der Waals surface area contributed by atoms with Crippen molar-refractivity contribution in [2.45, 2.75) is 122 Å². The maximum atomic E-state index is 13.1. The van der Waals surface area contributed by atoms with E-state index in [4.69, 9.17) is 65.5 Å². The second-order valence-corrected chi connectivity index (χ2v) is 34.1. The van der Waals surface area contributed by atoms with Gasteiger partial charge in [-0.1, -0.05) is 77.3 Å². The number of aryl methyl sites for hydroxylation is 6. The third kappa shape index (κ3) is 20.2. The minimum absolute atomic E-state index is 0.0538. The van der Waals surface area contributed by atoms with Gasteiger partial charge >= 0.3 is 18.1 Å². The average Bonchev–Trinajstić information content (AvgIpc) is 1.68. The van der Waals surface area contributed by atoms with E-state index in [2.05, 4.69) is 141 Å². The number of hydrogen-bond donors (Lipinski definition) is 3. The van der Waals surface area contributed by atoms with Gasteiger partial charge in [-0.2, -0.15) is 15.8 Å². The van der Waals surface area contributed by atoms with Crippen LogP contribution in [0.2, 0.25) is 15.1 Å². The van der Waals surface area contributed by atoms with Crippen LogP contribution in [0.3, 0.4) is 0 Å². The van der Waals surface area contributed by atoms with E-state index >= 15 is 0 Å². The van der Waals surface area contributed by atoms with E-state index in [0.29, 0.717) is 103 Å². The second kappa shape index (κ2) is 40.1. The molecule has 6 aliphatic rings. The number of allylic oxidation sites excluding steroid dienone is 3. The monoisotopic (exact) mass is 1730 g/mol. The van der Waals surface area contributed by atoms with Gasteiger partial charge in [0.2, 0.25) is 0 Å². The second-order valence-electron chi connectivity index (χ2n) is 32.8. The lowest BCUT2D eigenvalue weighted by Crippen LogP contribution is -2.51. The summed E-state index contributed by atoms with van der Waals surface area (Å²) in [7, 11) is 0. The predicted octanol–water partition coefficient (Wildman–Crippen LogP) is 21.4. The molecule has 126 heavy (non-hydrogen) atoms. The topological polar surface area (TPSA) is 264 Å². The average molecular weight is 1730 g/mol. The molecule has 6 aromatic carbocycles. The molecule has 3 unspecified atom stereocenters. The number of aromatic nitrogens is 9. The number of hydrogen-bond acceptors (Lipinski definition) is 13. The first-order chi connectivity index (χ1) is 61.5. The molecule has 0 saturated carbocycles. The number of anilines is 3. The van der Waals surface area contributed by atoms with Gasteiger partial charge in [0.25, 0.3) is 0 Å². The van der Waals surface area contributed by atoms with Crippen LogP contribution < -0.4 is 16.0 Å². The number of benzene rings is 6. The van der Waals surface area contributed by atoms with E-state index in [-0.39, 0.29) is 36.0 Å². The van der Waals surface area contributed by atoms with Crippen molar-refractivity contribution in [3.8, 4) is 18.2 Å². The fraction of sp³-hybridized carbons (Fsp3) is 0.287. The zero-order valence-corrected chi connectivity index (χ0v) is 73.0. The van der Waals surface area contributed by atoms with E-state index in [0.717, 1.165) is 151 Å². The molecular formula is C101H98Cl3N19O3. The fourth-order valence-corrected chi connectivity index (χ4v) is 19.1. The number of amides is 6. The summed E-state index contributed by atoms with van der Waals surface area (Å²) < 4.78 is 6.57. The molecule has 0 spiro atoms. The van der Waals surface area contributed by atoms with E-state index < -0.39 is 0 Å². The number of piperazine rings is 1. The van der Waals surface area contributed by atoms with Crippen LogP contribution in [-0.4, -0.2) is 134 Å². The van der Waals surface area contributed by atoms with Crippen LogP contribution >= 0.6 is 34.8 Å². The molecule has 0 radical (unpaired) electrons. The molecule has 18 rings (SSSR count). The summed E-state index contributed by atoms with van der Waals surface area (Å²) in [6.07, 6.45) is 33.4. The molecule has 3 aliphatic carbocycles. The molecule has 3 aliphatic heterocycles. The predicted molar refractivity (Wildman–Crippen MR) is 497 cm³/mol. The Balaban J connectivity index is 0.000000139. The lowest BCUT2D eigenvalue weighted by atomic mass is 9.76. The number of fused-ring (bicyclic) bond motifs is 6. The van der Waals surface area contributed by atoms with Crippen molar-refractivity contribution >= 4 is 105 Å². The molecule has 3 saturated heterocycles. The van der Waals surface area contributed by atoms with Gasteiger partial charge in [0.15, 0.2) is 0 Å². The van der Waals surface area contributed by atoms with Crippen molar-refractivity contribution in [2.24, 2.45) is 11.8 Å². The van der Waals surface area contributed by atoms with Gasteiger partial charge in [0.1, 0.15) is 17.5 Å². The van der Waals surface area contributed by atoms with E-state index in [1.807, 2.05) is 128 Å². The van der Waals surface area contributed by atoms with Crippen LogP contribution in [0, 0.1) is 66.6 Å². The molecule has 9 heterocycles. The number of halogens is 3. The van der Waals surface area contributed by atoms with Crippen molar-refractivity contribution in [3.05, 3.63) is 336 Å². The number of urea groups is 3. The SMILES string of the molecule is Cc1nccn1CCCC1=Cc2cc(Cl)ccc2C(C2CCN(C(=O)Nc3ccc(C#N)cc3)CC2)c2ncccc21.Cc1nccn1CCCC1=Cc2cccnc2C(C2CCN(C(=O)Nc3ccc(C#N)cc3)CC2)c2ccc(Cl)cc21.Cc1nccn1CCCC1=Cc2cccnc2C(N2CCN(C(=O)Nc3ccc(C#N)cc3)CC2)c2ccc(Cl)cc21. The first-order valence-electron chi connectivity index (χ1n) is 43.2. The molecule has 6 aromatic heterocycles. The van der Waals surface area contributed by atoms with Crippen molar-refractivity contribution in [1.29, 1.82) is 15.8 Å². The molecule has 3 fully saturated rings.